The monoisotopic (exact) mass is 409 g/mol. The van der Waals surface area contributed by atoms with Crippen LogP contribution in [0, 0.1) is 0 Å². The summed E-state index contributed by atoms with van der Waals surface area (Å²) < 4.78 is 11.6. The van der Waals surface area contributed by atoms with Gasteiger partial charge in [-0.25, -0.2) is 5.43 Å². The van der Waals surface area contributed by atoms with Crippen molar-refractivity contribution in [2.45, 2.75) is 51.7 Å². The lowest BCUT2D eigenvalue weighted by molar-refractivity contribution is -0.120. The summed E-state index contributed by atoms with van der Waals surface area (Å²) >= 11 is 0. The number of amides is 1. The third kappa shape index (κ3) is 7.19. The maximum absolute atomic E-state index is 12.0. The van der Waals surface area contributed by atoms with E-state index in [-0.39, 0.29) is 5.91 Å². The number of benzene rings is 2. The van der Waals surface area contributed by atoms with Crippen LogP contribution in [0.15, 0.2) is 53.6 Å². The number of nitrogens with one attached hydrogen (secondary N) is 2. The van der Waals surface area contributed by atoms with E-state index < -0.39 is 0 Å². The summed E-state index contributed by atoms with van der Waals surface area (Å²) in [5.41, 5.74) is 4.50. The summed E-state index contributed by atoms with van der Waals surface area (Å²) in [6.07, 6.45) is 7.69. The molecule has 0 aliphatic heterocycles. The Balaban J connectivity index is 1.50. The average Bonchev–Trinajstić information content (AvgIpc) is 2.79. The van der Waals surface area contributed by atoms with Crippen LogP contribution in [0.1, 0.15) is 50.2 Å². The van der Waals surface area contributed by atoms with Crippen molar-refractivity contribution in [2.24, 2.45) is 5.10 Å². The fourth-order valence-corrected chi connectivity index (χ4v) is 3.49. The number of ether oxygens (including phenoxy) is 2. The minimum Gasteiger partial charge on any atom is -0.490 e. The van der Waals surface area contributed by atoms with Crippen molar-refractivity contribution >= 4 is 12.1 Å². The summed E-state index contributed by atoms with van der Waals surface area (Å²) in [5.74, 6) is 1.20. The third-order valence-corrected chi connectivity index (χ3v) is 5.06. The van der Waals surface area contributed by atoms with Crippen molar-refractivity contribution in [3.05, 3.63) is 59.7 Å². The molecule has 30 heavy (non-hydrogen) atoms. The Morgan fingerprint density at radius 3 is 2.63 bits per heavy atom. The van der Waals surface area contributed by atoms with E-state index in [1.54, 1.807) is 6.21 Å². The van der Waals surface area contributed by atoms with Crippen LogP contribution in [-0.4, -0.2) is 31.3 Å². The number of carbonyl (C=O) groups is 1. The average molecular weight is 410 g/mol. The molecule has 0 bridgehead atoms. The molecular weight excluding hydrogens is 378 g/mol. The van der Waals surface area contributed by atoms with E-state index in [9.17, 15) is 4.79 Å². The second-order valence-corrected chi connectivity index (χ2v) is 7.42. The maximum atomic E-state index is 12.0. The molecular formula is C24H31N3O3. The van der Waals surface area contributed by atoms with Gasteiger partial charge in [0.15, 0.2) is 11.5 Å². The van der Waals surface area contributed by atoms with Crippen LogP contribution >= 0.6 is 0 Å². The maximum Gasteiger partial charge on any atom is 0.254 e. The van der Waals surface area contributed by atoms with E-state index in [0.717, 1.165) is 24.0 Å². The molecule has 0 aromatic heterocycles. The van der Waals surface area contributed by atoms with Crippen LogP contribution < -0.4 is 20.2 Å². The van der Waals surface area contributed by atoms with E-state index >= 15 is 0 Å². The first-order chi connectivity index (χ1) is 14.7. The molecule has 0 saturated heterocycles. The molecule has 2 aromatic carbocycles. The van der Waals surface area contributed by atoms with E-state index in [1.807, 2.05) is 55.5 Å². The molecule has 1 amide bonds. The highest BCUT2D eigenvalue weighted by Crippen LogP contribution is 2.28. The first kappa shape index (κ1) is 21.8. The number of rotatable bonds is 10. The van der Waals surface area contributed by atoms with Crippen molar-refractivity contribution in [3.63, 3.8) is 0 Å². The van der Waals surface area contributed by atoms with E-state index in [1.165, 1.54) is 19.3 Å². The molecule has 0 heterocycles. The fraction of sp³-hybridized carbons (Fsp3) is 0.417. The zero-order valence-corrected chi connectivity index (χ0v) is 17.6. The van der Waals surface area contributed by atoms with Crippen LogP contribution in [0.4, 0.5) is 0 Å². The number of hydrazone groups is 1. The van der Waals surface area contributed by atoms with Gasteiger partial charge in [0.1, 0.15) is 6.61 Å². The van der Waals surface area contributed by atoms with Crippen LogP contribution in [0.3, 0.4) is 0 Å². The van der Waals surface area contributed by atoms with Gasteiger partial charge < -0.3 is 14.8 Å². The summed E-state index contributed by atoms with van der Waals surface area (Å²) in [6, 6.07) is 16.1. The quantitative estimate of drug-likeness (QED) is 0.459. The SMILES string of the molecule is CCOc1cc(/C=N\NC(=O)CNC2CCCCC2)ccc1OCc1ccccc1. The minimum atomic E-state index is -0.135. The van der Waals surface area contributed by atoms with Gasteiger partial charge in [0, 0.05) is 6.04 Å². The fourth-order valence-electron chi connectivity index (χ4n) is 3.49. The normalized spacial score (nSPS) is 14.6. The summed E-state index contributed by atoms with van der Waals surface area (Å²) in [5, 5.41) is 7.38. The number of carbonyl (C=O) groups excluding carboxylic acids is 1. The lowest BCUT2D eigenvalue weighted by Gasteiger charge is -2.22. The molecule has 1 saturated carbocycles. The highest BCUT2D eigenvalue weighted by atomic mass is 16.5. The van der Waals surface area contributed by atoms with Crippen molar-refractivity contribution in [3.8, 4) is 11.5 Å². The van der Waals surface area contributed by atoms with Gasteiger partial charge in [0.2, 0.25) is 0 Å². The second kappa shape index (κ2) is 12.0. The van der Waals surface area contributed by atoms with Gasteiger partial charge in [-0.2, -0.15) is 5.10 Å². The Bertz CT molecular complexity index is 818. The lowest BCUT2D eigenvalue weighted by atomic mass is 9.95. The van der Waals surface area contributed by atoms with Gasteiger partial charge in [-0.3, -0.25) is 4.79 Å². The molecule has 1 aliphatic rings. The molecule has 0 atom stereocenters. The van der Waals surface area contributed by atoms with E-state index in [0.29, 0.717) is 37.3 Å². The zero-order chi connectivity index (χ0) is 21.0. The molecule has 6 nitrogen and oxygen atoms in total. The molecule has 3 rings (SSSR count). The summed E-state index contributed by atoms with van der Waals surface area (Å²) in [4.78, 5) is 12.0. The van der Waals surface area contributed by atoms with Gasteiger partial charge in [-0.1, -0.05) is 49.6 Å². The minimum absolute atomic E-state index is 0.135. The third-order valence-electron chi connectivity index (χ3n) is 5.06. The van der Waals surface area contributed by atoms with Crippen LogP contribution in [0.2, 0.25) is 0 Å². The van der Waals surface area contributed by atoms with Crippen molar-refractivity contribution in [1.82, 2.24) is 10.7 Å². The molecule has 2 aromatic rings. The van der Waals surface area contributed by atoms with Gasteiger partial charge in [0.25, 0.3) is 5.91 Å². The number of hydrogen-bond donors (Lipinski definition) is 2. The van der Waals surface area contributed by atoms with Gasteiger partial charge in [-0.05, 0) is 49.1 Å². The van der Waals surface area contributed by atoms with Crippen LogP contribution in [-0.2, 0) is 11.4 Å². The highest BCUT2D eigenvalue weighted by molar-refractivity contribution is 5.83. The first-order valence-corrected chi connectivity index (χ1v) is 10.7. The Morgan fingerprint density at radius 2 is 1.87 bits per heavy atom. The number of nitrogens with zero attached hydrogens (tertiary/aromatic N) is 1. The van der Waals surface area contributed by atoms with Gasteiger partial charge in [-0.15, -0.1) is 0 Å². The Labute approximate surface area is 178 Å². The molecule has 1 fully saturated rings. The smallest absolute Gasteiger partial charge is 0.254 e. The molecule has 2 N–H and O–H groups in total. The predicted molar refractivity (Wildman–Crippen MR) is 119 cm³/mol. The lowest BCUT2D eigenvalue weighted by Crippen LogP contribution is -2.38. The molecule has 0 radical (unpaired) electrons. The van der Waals surface area contributed by atoms with Gasteiger partial charge in [0.05, 0.1) is 19.4 Å². The summed E-state index contributed by atoms with van der Waals surface area (Å²) in [7, 11) is 0. The van der Waals surface area contributed by atoms with Crippen molar-refractivity contribution in [2.75, 3.05) is 13.2 Å². The summed E-state index contributed by atoms with van der Waals surface area (Å²) in [6.45, 7) is 3.23. The predicted octanol–water partition coefficient (Wildman–Crippen LogP) is 4.04. The van der Waals surface area contributed by atoms with Crippen molar-refractivity contribution < 1.29 is 14.3 Å². The Kier molecular flexibility index (Phi) is 8.72. The highest BCUT2D eigenvalue weighted by Gasteiger charge is 2.13. The van der Waals surface area contributed by atoms with Gasteiger partial charge >= 0.3 is 0 Å². The Morgan fingerprint density at radius 1 is 1.07 bits per heavy atom. The molecule has 0 unspecified atom stereocenters. The first-order valence-electron chi connectivity index (χ1n) is 10.7. The number of hydrogen-bond acceptors (Lipinski definition) is 5. The van der Waals surface area contributed by atoms with E-state index in [2.05, 4.69) is 15.8 Å². The topological polar surface area (TPSA) is 72.0 Å². The van der Waals surface area contributed by atoms with E-state index in [4.69, 9.17) is 9.47 Å². The molecule has 160 valence electrons. The van der Waals surface area contributed by atoms with Crippen molar-refractivity contribution in [1.29, 1.82) is 0 Å². The van der Waals surface area contributed by atoms with Crippen LogP contribution in [0.5, 0.6) is 11.5 Å². The Hall–Kier alpha value is -2.86. The molecule has 0 spiro atoms. The largest absolute Gasteiger partial charge is 0.490 e. The van der Waals surface area contributed by atoms with Crippen LogP contribution in [0.25, 0.3) is 0 Å². The zero-order valence-electron chi connectivity index (χ0n) is 17.6. The molecule has 6 heteroatoms. The standard InChI is InChI=1S/C24H31N3O3/c1-2-29-23-15-20(13-14-22(23)30-18-19-9-5-3-6-10-19)16-26-27-24(28)17-25-21-11-7-4-8-12-21/h3,5-6,9-10,13-16,21,25H,2,4,7-8,11-12,17-18H2,1H3,(H,27,28)/b26-16-. The second-order valence-electron chi connectivity index (χ2n) is 7.42. The molecule has 1 aliphatic carbocycles.